The summed E-state index contributed by atoms with van der Waals surface area (Å²) in [6, 6.07) is 2.04. The molecule has 5 nitrogen and oxygen atoms in total. The van der Waals surface area contributed by atoms with Gasteiger partial charge < -0.3 is 0 Å². The number of rotatable bonds is 5. The Morgan fingerprint density at radius 3 is 2.63 bits per heavy atom. The SMILES string of the molecule is CC(=NOC(=O)N(C)SSC(C)(C)C)SCCC#N. The van der Waals surface area contributed by atoms with Crippen molar-refractivity contribution in [2.45, 2.75) is 38.9 Å². The molecule has 0 aromatic carbocycles. The largest absolute Gasteiger partial charge is 0.446 e. The van der Waals surface area contributed by atoms with E-state index in [0.29, 0.717) is 17.2 Å². The summed E-state index contributed by atoms with van der Waals surface area (Å²) in [7, 11) is 4.53. The molecule has 0 aromatic rings. The van der Waals surface area contributed by atoms with Crippen LogP contribution in [-0.4, -0.2) is 33.0 Å². The number of oxime groups is 1. The fourth-order valence-corrected chi connectivity index (χ4v) is 2.83. The molecule has 0 saturated heterocycles. The molecule has 0 spiro atoms. The Morgan fingerprint density at radius 1 is 1.47 bits per heavy atom. The summed E-state index contributed by atoms with van der Waals surface area (Å²) in [4.78, 5) is 16.4. The molecule has 0 heterocycles. The van der Waals surface area contributed by atoms with Crippen molar-refractivity contribution >= 4 is 44.7 Å². The summed E-state index contributed by atoms with van der Waals surface area (Å²) in [6.07, 6.45) is -0.0642. The molecule has 0 bridgehead atoms. The number of carbonyl (C=O) groups excluding carboxylic acids is 1. The summed E-state index contributed by atoms with van der Waals surface area (Å²) in [6.45, 7) is 7.94. The second kappa shape index (κ2) is 9.39. The zero-order chi connectivity index (χ0) is 14.9. The Balaban J connectivity index is 4.02. The van der Waals surface area contributed by atoms with Gasteiger partial charge in [0, 0.05) is 34.9 Å². The molecular weight excluding hydrogens is 302 g/mol. The van der Waals surface area contributed by atoms with E-state index in [1.807, 2.05) is 6.07 Å². The number of nitriles is 1. The van der Waals surface area contributed by atoms with Gasteiger partial charge in [-0.25, -0.2) is 9.10 Å². The second-order valence-corrected chi connectivity index (χ2v) is 8.81. The van der Waals surface area contributed by atoms with Crippen molar-refractivity contribution in [2.75, 3.05) is 12.8 Å². The Labute approximate surface area is 127 Å². The van der Waals surface area contributed by atoms with Gasteiger partial charge >= 0.3 is 6.09 Å². The van der Waals surface area contributed by atoms with E-state index in [1.54, 1.807) is 24.8 Å². The fourth-order valence-electron chi connectivity index (χ4n) is 0.630. The average Bonchev–Trinajstić information content (AvgIpc) is 2.32. The highest BCUT2D eigenvalue weighted by molar-refractivity contribution is 8.76. The number of hydrogen-bond donors (Lipinski definition) is 0. The van der Waals surface area contributed by atoms with Gasteiger partial charge in [-0.3, -0.25) is 4.84 Å². The van der Waals surface area contributed by atoms with Crippen molar-refractivity contribution in [2.24, 2.45) is 5.16 Å². The van der Waals surface area contributed by atoms with E-state index in [2.05, 4.69) is 25.9 Å². The lowest BCUT2D eigenvalue weighted by Gasteiger charge is -2.20. The van der Waals surface area contributed by atoms with Crippen molar-refractivity contribution in [1.29, 1.82) is 5.26 Å². The van der Waals surface area contributed by atoms with Crippen LogP contribution < -0.4 is 0 Å². The number of carbonyl (C=O) groups is 1. The van der Waals surface area contributed by atoms with Gasteiger partial charge in [0.15, 0.2) is 0 Å². The van der Waals surface area contributed by atoms with Gasteiger partial charge in [0.1, 0.15) is 5.04 Å². The van der Waals surface area contributed by atoms with Crippen molar-refractivity contribution in [3.63, 3.8) is 0 Å². The van der Waals surface area contributed by atoms with Gasteiger partial charge in [0.2, 0.25) is 0 Å². The monoisotopic (exact) mass is 321 g/mol. The Kier molecular flexibility index (Phi) is 9.14. The minimum atomic E-state index is -0.512. The van der Waals surface area contributed by atoms with Crippen LogP contribution in [0.3, 0.4) is 0 Å². The number of thioether (sulfide) groups is 1. The van der Waals surface area contributed by atoms with Crippen LogP contribution in [0.25, 0.3) is 0 Å². The van der Waals surface area contributed by atoms with Gasteiger partial charge in [-0.05, 0) is 6.92 Å². The van der Waals surface area contributed by atoms with E-state index in [4.69, 9.17) is 10.1 Å². The Hall–Kier alpha value is -0.520. The molecule has 1 amide bonds. The molecular formula is C11H19N3O2S3. The van der Waals surface area contributed by atoms with Gasteiger partial charge in [-0.1, -0.05) is 36.7 Å². The van der Waals surface area contributed by atoms with Crippen molar-refractivity contribution < 1.29 is 9.63 Å². The first-order chi connectivity index (χ1) is 8.76. The van der Waals surface area contributed by atoms with E-state index < -0.39 is 6.09 Å². The molecule has 0 saturated carbocycles. The maximum Gasteiger partial charge on any atom is 0.446 e. The molecule has 0 aromatic heterocycles. The van der Waals surface area contributed by atoms with Crippen LogP contribution in [0, 0.1) is 11.3 Å². The van der Waals surface area contributed by atoms with Gasteiger partial charge in [0.25, 0.3) is 0 Å². The maximum absolute atomic E-state index is 11.6. The van der Waals surface area contributed by atoms with E-state index in [-0.39, 0.29) is 4.75 Å². The molecule has 0 aliphatic heterocycles. The third-order valence-electron chi connectivity index (χ3n) is 1.43. The first kappa shape index (κ1) is 18.5. The third-order valence-corrected chi connectivity index (χ3v) is 5.68. The first-order valence-corrected chi connectivity index (χ1v) is 8.70. The Morgan fingerprint density at radius 2 is 2.11 bits per heavy atom. The highest BCUT2D eigenvalue weighted by Crippen LogP contribution is 2.36. The summed E-state index contributed by atoms with van der Waals surface area (Å²) in [5.74, 6) is 0.647. The normalized spacial score (nSPS) is 11.9. The summed E-state index contributed by atoms with van der Waals surface area (Å²) >= 11 is 1.39. The van der Waals surface area contributed by atoms with Crippen LogP contribution in [0.1, 0.15) is 34.1 Å². The molecule has 108 valence electrons. The van der Waals surface area contributed by atoms with Gasteiger partial charge in [0.05, 0.1) is 6.07 Å². The molecule has 0 fully saturated rings. The van der Waals surface area contributed by atoms with Crippen LogP contribution in [0.15, 0.2) is 5.16 Å². The zero-order valence-electron chi connectivity index (χ0n) is 11.8. The standard InChI is InChI=1S/C11H19N3O2S3/c1-9(17-8-6-7-12)13-16-10(15)14(5)19-18-11(2,3)4/h6,8H2,1-5H3. The maximum atomic E-state index is 11.6. The molecule has 0 unspecified atom stereocenters. The van der Waals surface area contributed by atoms with Crippen molar-refractivity contribution in [1.82, 2.24) is 4.31 Å². The van der Waals surface area contributed by atoms with Crippen LogP contribution >= 0.6 is 33.5 Å². The number of amides is 1. The van der Waals surface area contributed by atoms with Gasteiger partial charge in [-0.15, -0.1) is 11.8 Å². The molecule has 0 radical (unpaired) electrons. The van der Waals surface area contributed by atoms with Crippen molar-refractivity contribution in [3.8, 4) is 6.07 Å². The topological polar surface area (TPSA) is 65.7 Å². The predicted octanol–water partition coefficient (Wildman–Crippen LogP) is 4.13. The summed E-state index contributed by atoms with van der Waals surface area (Å²) in [5, 5.41) is 12.7. The highest BCUT2D eigenvalue weighted by Gasteiger charge is 2.17. The first-order valence-electron chi connectivity index (χ1n) is 5.61. The lowest BCUT2D eigenvalue weighted by atomic mass is 10.3. The van der Waals surface area contributed by atoms with Crippen LogP contribution in [0.5, 0.6) is 0 Å². The van der Waals surface area contributed by atoms with Crippen LogP contribution in [-0.2, 0) is 4.84 Å². The minimum absolute atomic E-state index is 0.0610. The smallest absolute Gasteiger partial charge is 0.296 e. The molecule has 0 aliphatic rings. The minimum Gasteiger partial charge on any atom is -0.296 e. The average molecular weight is 321 g/mol. The highest BCUT2D eigenvalue weighted by atomic mass is 33.1. The third kappa shape index (κ3) is 11.0. The van der Waals surface area contributed by atoms with E-state index in [0.717, 1.165) is 0 Å². The number of nitrogens with zero attached hydrogens (tertiary/aromatic N) is 3. The molecule has 0 N–H and O–H groups in total. The number of hydrogen-bond acceptors (Lipinski definition) is 7. The summed E-state index contributed by atoms with van der Waals surface area (Å²) in [5.41, 5.74) is 0. The van der Waals surface area contributed by atoms with Crippen LogP contribution in [0.4, 0.5) is 4.79 Å². The molecule has 0 atom stereocenters. The summed E-state index contributed by atoms with van der Waals surface area (Å²) < 4.78 is 1.46. The van der Waals surface area contributed by atoms with Crippen LogP contribution in [0.2, 0.25) is 0 Å². The van der Waals surface area contributed by atoms with E-state index in [9.17, 15) is 4.79 Å². The second-order valence-electron chi connectivity index (χ2n) is 4.49. The molecule has 8 heteroatoms. The molecule has 0 rings (SSSR count). The lowest BCUT2D eigenvalue weighted by molar-refractivity contribution is 0.137. The fraction of sp³-hybridized carbons (Fsp3) is 0.727. The predicted molar refractivity (Wildman–Crippen MR) is 85.0 cm³/mol. The van der Waals surface area contributed by atoms with Gasteiger partial charge in [-0.2, -0.15) is 5.26 Å². The van der Waals surface area contributed by atoms with E-state index >= 15 is 0 Å². The lowest BCUT2D eigenvalue weighted by Crippen LogP contribution is -2.19. The van der Waals surface area contributed by atoms with E-state index in [1.165, 1.54) is 27.0 Å². The van der Waals surface area contributed by atoms with Crippen molar-refractivity contribution in [3.05, 3.63) is 0 Å². The Bertz CT molecular complexity index is 361. The molecule has 19 heavy (non-hydrogen) atoms. The zero-order valence-corrected chi connectivity index (χ0v) is 14.2. The quantitative estimate of drug-likeness (QED) is 0.144. The molecule has 0 aliphatic carbocycles.